The Morgan fingerprint density at radius 2 is 2.05 bits per heavy atom. The predicted molar refractivity (Wildman–Crippen MR) is 67.6 cm³/mol. The smallest absolute Gasteiger partial charge is 0.303 e. The summed E-state index contributed by atoms with van der Waals surface area (Å²) >= 11 is 0. The molecule has 5 nitrogen and oxygen atoms in total. The molecule has 0 amide bonds. The molecule has 1 aromatic rings. The zero-order valence-corrected chi connectivity index (χ0v) is 11.4. The fourth-order valence-corrected chi connectivity index (χ4v) is 3.54. The Balaban J connectivity index is 1.64. The molecule has 0 aliphatic heterocycles. The molecular weight excluding hydrogens is 244 g/mol. The SMILES string of the molecule is CC(C)(CC(=O)O)Cc1nnc(C2C3CCCC32)o1. The van der Waals surface area contributed by atoms with Crippen LogP contribution in [-0.2, 0) is 11.2 Å². The number of aromatic nitrogens is 2. The first kappa shape index (κ1) is 12.6. The van der Waals surface area contributed by atoms with Crippen LogP contribution >= 0.6 is 0 Å². The van der Waals surface area contributed by atoms with Gasteiger partial charge in [-0.2, -0.15) is 0 Å². The molecule has 2 aliphatic carbocycles. The van der Waals surface area contributed by atoms with Crippen molar-refractivity contribution in [3.63, 3.8) is 0 Å². The van der Waals surface area contributed by atoms with Gasteiger partial charge in [-0.15, -0.1) is 10.2 Å². The number of carbonyl (C=O) groups is 1. The Labute approximate surface area is 112 Å². The van der Waals surface area contributed by atoms with Crippen molar-refractivity contribution in [3.05, 3.63) is 11.8 Å². The highest BCUT2D eigenvalue weighted by molar-refractivity contribution is 5.67. The Morgan fingerprint density at radius 3 is 2.68 bits per heavy atom. The van der Waals surface area contributed by atoms with Crippen LogP contribution < -0.4 is 0 Å². The molecule has 2 aliphatic rings. The summed E-state index contributed by atoms with van der Waals surface area (Å²) in [6.45, 7) is 3.83. The van der Waals surface area contributed by atoms with Gasteiger partial charge in [0, 0.05) is 12.3 Å². The van der Waals surface area contributed by atoms with E-state index in [0.717, 1.165) is 17.7 Å². The third kappa shape index (κ3) is 2.51. The Morgan fingerprint density at radius 1 is 1.37 bits per heavy atom. The first-order valence-corrected chi connectivity index (χ1v) is 7.00. The van der Waals surface area contributed by atoms with Crippen molar-refractivity contribution in [3.8, 4) is 0 Å². The first-order valence-electron chi connectivity index (χ1n) is 7.00. The number of carboxylic acids is 1. The maximum Gasteiger partial charge on any atom is 0.303 e. The second kappa shape index (κ2) is 4.32. The Kier molecular flexibility index (Phi) is 2.87. The van der Waals surface area contributed by atoms with Crippen molar-refractivity contribution in [2.24, 2.45) is 17.3 Å². The second-order valence-electron chi connectivity index (χ2n) is 6.73. The molecule has 3 rings (SSSR count). The lowest BCUT2D eigenvalue weighted by Crippen LogP contribution is -2.19. The van der Waals surface area contributed by atoms with Crippen LogP contribution in [0.1, 0.15) is 57.2 Å². The molecule has 2 saturated carbocycles. The third-order valence-corrected chi connectivity index (χ3v) is 4.43. The highest BCUT2D eigenvalue weighted by atomic mass is 16.4. The summed E-state index contributed by atoms with van der Waals surface area (Å²) in [5.41, 5.74) is -0.352. The number of aliphatic carboxylic acids is 1. The van der Waals surface area contributed by atoms with Crippen molar-refractivity contribution in [2.75, 3.05) is 0 Å². The monoisotopic (exact) mass is 264 g/mol. The van der Waals surface area contributed by atoms with E-state index in [-0.39, 0.29) is 11.8 Å². The number of rotatable bonds is 5. The fourth-order valence-electron chi connectivity index (χ4n) is 3.54. The van der Waals surface area contributed by atoms with Gasteiger partial charge >= 0.3 is 5.97 Å². The van der Waals surface area contributed by atoms with E-state index in [0.29, 0.717) is 18.2 Å². The number of nitrogens with zero attached hydrogens (tertiary/aromatic N) is 2. The number of hydrogen-bond acceptors (Lipinski definition) is 4. The molecule has 1 heterocycles. The number of hydrogen-bond donors (Lipinski definition) is 1. The van der Waals surface area contributed by atoms with Crippen molar-refractivity contribution in [1.82, 2.24) is 10.2 Å². The Bertz CT molecular complexity index is 485. The number of fused-ring (bicyclic) bond motifs is 1. The van der Waals surface area contributed by atoms with E-state index in [1.165, 1.54) is 19.3 Å². The zero-order chi connectivity index (χ0) is 13.6. The molecule has 1 aromatic heterocycles. The van der Waals surface area contributed by atoms with E-state index >= 15 is 0 Å². The predicted octanol–water partition coefficient (Wildman–Crippen LogP) is 2.63. The quantitative estimate of drug-likeness (QED) is 0.884. The molecule has 5 heteroatoms. The standard InChI is InChI=1S/C14H20N2O3/c1-14(2,7-11(17)18)6-10-15-16-13(19-10)12-8-4-3-5-9(8)12/h8-9,12H,3-7H2,1-2H3,(H,17,18). The highest BCUT2D eigenvalue weighted by Gasteiger charge is 2.56. The second-order valence-corrected chi connectivity index (χ2v) is 6.73. The van der Waals surface area contributed by atoms with Gasteiger partial charge in [0.25, 0.3) is 0 Å². The summed E-state index contributed by atoms with van der Waals surface area (Å²) in [4.78, 5) is 10.8. The summed E-state index contributed by atoms with van der Waals surface area (Å²) in [7, 11) is 0. The van der Waals surface area contributed by atoms with Gasteiger partial charge < -0.3 is 9.52 Å². The molecule has 0 aromatic carbocycles. The van der Waals surface area contributed by atoms with Crippen LogP contribution in [0.3, 0.4) is 0 Å². The molecule has 2 atom stereocenters. The van der Waals surface area contributed by atoms with Gasteiger partial charge in [0.15, 0.2) is 0 Å². The minimum atomic E-state index is -0.790. The normalized spacial score (nSPS) is 29.3. The minimum Gasteiger partial charge on any atom is -0.481 e. The Hall–Kier alpha value is -1.39. The largest absolute Gasteiger partial charge is 0.481 e. The van der Waals surface area contributed by atoms with Gasteiger partial charge in [0.1, 0.15) is 0 Å². The molecular formula is C14H20N2O3. The minimum absolute atomic E-state index is 0.111. The van der Waals surface area contributed by atoms with E-state index in [4.69, 9.17) is 9.52 Å². The van der Waals surface area contributed by atoms with E-state index in [9.17, 15) is 4.79 Å². The van der Waals surface area contributed by atoms with Crippen molar-refractivity contribution in [1.29, 1.82) is 0 Å². The molecule has 2 unspecified atom stereocenters. The third-order valence-electron chi connectivity index (χ3n) is 4.43. The van der Waals surface area contributed by atoms with Crippen LogP contribution in [0.15, 0.2) is 4.42 Å². The molecule has 0 bridgehead atoms. The van der Waals surface area contributed by atoms with Crippen LogP contribution in [0, 0.1) is 17.3 Å². The van der Waals surface area contributed by atoms with Crippen LogP contribution in [0.4, 0.5) is 0 Å². The van der Waals surface area contributed by atoms with Gasteiger partial charge in [0.05, 0.1) is 6.42 Å². The summed E-state index contributed by atoms with van der Waals surface area (Å²) in [6, 6.07) is 0. The van der Waals surface area contributed by atoms with E-state index in [2.05, 4.69) is 10.2 Å². The topological polar surface area (TPSA) is 76.2 Å². The molecule has 104 valence electrons. The van der Waals surface area contributed by atoms with Gasteiger partial charge in [0.2, 0.25) is 11.8 Å². The number of carboxylic acid groups (broad SMARTS) is 1. The summed E-state index contributed by atoms with van der Waals surface area (Å²) < 4.78 is 5.75. The summed E-state index contributed by atoms with van der Waals surface area (Å²) in [5, 5.41) is 17.1. The van der Waals surface area contributed by atoms with Gasteiger partial charge in [-0.3, -0.25) is 4.79 Å². The highest BCUT2D eigenvalue weighted by Crippen LogP contribution is 2.62. The van der Waals surface area contributed by atoms with Crippen LogP contribution in [0.25, 0.3) is 0 Å². The fraction of sp³-hybridized carbons (Fsp3) is 0.786. The summed E-state index contributed by atoms with van der Waals surface area (Å²) in [5.74, 6) is 2.57. The summed E-state index contributed by atoms with van der Waals surface area (Å²) in [6.07, 6.45) is 4.54. The van der Waals surface area contributed by atoms with Crippen LogP contribution in [-0.4, -0.2) is 21.3 Å². The van der Waals surface area contributed by atoms with Crippen molar-refractivity contribution >= 4 is 5.97 Å². The van der Waals surface area contributed by atoms with E-state index in [1.807, 2.05) is 13.8 Å². The molecule has 0 saturated heterocycles. The van der Waals surface area contributed by atoms with Gasteiger partial charge in [-0.1, -0.05) is 20.3 Å². The maximum absolute atomic E-state index is 10.8. The van der Waals surface area contributed by atoms with Crippen LogP contribution in [0.5, 0.6) is 0 Å². The molecule has 19 heavy (non-hydrogen) atoms. The molecule has 0 radical (unpaired) electrons. The molecule has 0 spiro atoms. The molecule has 2 fully saturated rings. The lowest BCUT2D eigenvalue weighted by molar-refractivity contribution is -0.139. The zero-order valence-electron chi connectivity index (χ0n) is 11.4. The first-order chi connectivity index (χ1) is 8.96. The van der Waals surface area contributed by atoms with Gasteiger partial charge in [-0.25, -0.2) is 0 Å². The lowest BCUT2D eigenvalue weighted by Gasteiger charge is -2.19. The molecule has 1 N–H and O–H groups in total. The van der Waals surface area contributed by atoms with Gasteiger partial charge in [-0.05, 0) is 30.1 Å². The van der Waals surface area contributed by atoms with Crippen molar-refractivity contribution in [2.45, 2.75) is 51.9 Å². The average Bonchev–Trinajstić information content (AvgIpc) is 2.67. The van der Waals surface area contributed by atoms with E-state index < -0.39 is 5.97 Å². The maximum atomic E-state index is 10.8. The average molecular weight is 264 g/mol. The van der Waals surface area contributed by atoms with Crippen molar-refractivity contribution < 1.29 is 14.3 Å². The van der Waals surface area contributed by atoms with Crippen LogP contribution in [0.2, 0.25) is 0 Å². The lowest BCUT2D eigenvalue weighted by atomic mass is 9.86. The van der Waals surface area contributed by atoms with E-state index in [1.54, 1.807) is 0 Å².